The number of hydrogen-bond donors (Lipinski definition) is 1. The van der Waals surface area contributed by atoms with E-state index in [0.717, 1.165) is 21.5 Å². The Balaban J connectivity index is 1.76. The highest BCUT2D eigenvalue weighted by atomic mass is 35.5. The number of hydrogen-bond acceptors (Lipinski definition) is 3. The van der Waals surface area contributed by atoms with Crippen LogP contribution in [0.15, 0.2) is 42.5 Å². The zero-order chi connectivity index (χ0) is 17.3. The molecule has 1 N–H and O–H groups in total. The van der Waals surface area contributed by atoms with Crippen LogP contribution in [0.2, 0.25) is 5.02 Å². The molecule has 0 bridgehead atoms. The van der Waals surface area contributed by atoms with Crippen molar-refractivity contribution in [1.29, 1.82) is 0 Å². The number of anilines is 1. The van der Waals surface area contributed by atoms with Gasteiger partial charge < -0.3 is 5.32 Å². The second-order valence-corrected chi connectivity index (χ2v) is 6.71. The molecule has 8 heteroatoms. The number of benzene rings is 1. The maximum absolute atomic E-state index is 12.8. The SMILES string of the molecule is Cn1nc(C(F)(F)F)cc1-c1ccc(CNc2ccccc2Cl)s1. The van der Waals surface area contributed by atoms with Gasteiger partial charge in [-0.05, 0) is 30.3 Å². The fourth-order valence-corrected chi connectivity index (χ4v) is 3.43. The minimum Gasteiger partial charge on any atom is -0.379 e. The van der Waals surface area contributed by atoms with Gasteiger partial charge in [-0.15, -0.1) is 11.3 Å². The summed E-state index contributed by atoms with van der Waals surface area (Å²) >= 11 is 7.50. The Labute approximate surface area is 145 Å². The maximum atomic E-state index is 12.8. The largest absolute Gasteiger partial charge is 0.435 e. The predicted octanol–water partition coefficient (Wildman–Crippen LogP) is 5.43. The van der Waals surface area contributed by atoms with Crippen LogP contribution >= 0.6 is 22.9 Å². The van der Waals surface area contributed by atoms with Crippen molar-refractivity contribution in [3.05, 3.63) is 58.1 Å². The van der Waals surface area contributed by atoms with Gasteiger partial charge in [-0.1, -0.05) is 23.7 Å². The zero-order valence-electron chi connectivity index (χ0n) is 12.6. The lowest BCUT2D eigenvalue weighted by atomic mass is 10.3. The van der Waals surface area contributed by atoms with Gasteiger partial charge in [0, 0.05) is 18.5 Å². The highest BCUT2D eigenvalue weighted by Crippen LogP contribution is 2.34. The molecule has 2 heterocycles. The molecule has 0 saturated heterocycles. The fraction of sp³-hybridized carbons (Fsp3) is 0.188. The lowest BCUT2D eigenvalue weighted by Gasteiger charge is -2.06. The van der Waals surface area contributed by atoms with Crippen LogP contribution in [0.1, 0.15) is 10.6 Å². The molecule has 0 amide bonds. The van der Waals surface area contributed by atoms with Gasteiger partial charge in [0.15, 0.2) is 5.69 Å². The first kappa shape index (κ1) is 16.9. The van der Waals surface area contributed by atoms with Gasteiger partial charge in [-0.25, -0.2) is 0 Å². The van der Waals surface area contributed by atoms with Gasteiger partial charge in [-0.2, -0.15) is 18.3 Å². The summed E-state index contributed by atoms with van der Waals surface area (Å²) in [7, 11) is 1.51. The minimum absolute atomic E-state index is 0.441. The average Bonchev–Trinajstić information content (AvgIpc) is 3.12. The van der Waals surface area contributed by atoms with Crippen molar-refractivity contribution in [2.24, 2.45) is 7.05 Å². The Morgan fingerprint density at radius 1 is 1.21 bits per heavy atom. The van der Waals surface area contributed by atoms with Crippen LogP contribution in [0.5, 0.6) is 0 Å². The van der Waals surface area contributed by atoms with Crippen LogP contribution in [-0.2, 0) is 19.8 Å². The Kier molecular flexibility index (Phi) is 4.56. The number of thiophene rings is 1. The standard InChI is InChI=1S/C16H13ClF3N3S/c1-23-13(8-15(22-23)16(18,19)20)14-7-6-10(24-14)9-21-12-5-3-2-4-11(12)17/h2-8,21H,9H2,1H3. The molecule has 126 valence electrons. The molecule has 2 aromatic heterocycles. The molecule has 24 heavy (non-hydrogen) atoms. The van der Waals surface area contributed by atoms with E-state index in [2.05, 4.69) is 10.4 Å². The van der Waals surface area contributed by atoms with E-state index in [-0.39, 0.29) is 0 Å². The van der Waals surface area contributed by atoms with E-state index in [0.29, 0.717) is 17.3 Å². The van der Waals surface area contributed by atoms with Gasteiger partial charge in [0.2, 0.25) is 0 Å². The molecule has 0 saturated carbocycles. The maximum Gasteiger partial charge on any atom is 0.435 e. The molecule has 0 unspecified atom stereocenters. The van der Waals surface area contributed by atoms with Crippen LogP contribution < -0.4 is 5.32 Å². The molecule has 0 aliphatic rings. The van der Waals surface area contributed by atoms with Crippen molar-refractivity contribution in [2.75, 3.05) is 5.32 Å². The van der Waals surface area contributed by atoms with E-state index < -0.39 is 11.9 Å². The second kappa shape index (κ2) is 6.49. The van der Waals surface area contributed by atoms with Crippen molar-refractivity contribution >= 4 is 28.6 Å². The van der Waals surface area contributed by atoms with Crippen molar-refractivity contribution < 1.29 is 13.2 Å². The zero-order valence-corrected chi connectivity index (χ0v) is 14.1. The third kappa shape index (κ3) is 3.57. The summed E-state index contributed by atoms with van der Waals surface area (Å²) < 4.78 is 39.5. The third-order valence-electron chi connectivity index (χ3n) is 3.41. The number of rotatable bonds is 4. The summed E-state index contributed by atoms with van der Waals surface area (Å²) in [5.41, 5.74) is 0.370. The first-order chi connectivity index (χ1) is 11.3. The number of alkyl halides is 3. The van der Waals surface area contributed by atoms with Crippen LogP contribution in [0.3, 0.4) is 0 Å². The lowest BCUT2D eigenvalue weighted by Crippen LogP contribution is -2.06. The number of aromatic nitrogens is 2. The Hall–Kier alpha value is -1.99. The molecule has 0 atom stereocenters. The van der Waals surface area contributed by atoms with Crippen molar-refractivity contribution in [3.63, 3.8) is 0 Å². The quantitative estimate of drug-likeness (QED) is 0.662. The Bertz CT molecular complexity index is 854. The topological polar surface area (TPSA) is 29.9 Å². The third-order valence-corrected chi connectivity index (χ3v) is 4.85. The Morgan fingerprint density at radius 2 is 1.96 bits per heavy atom. The normalized spacial score (nSPS) is 11.7. The fourth-order valence-electron chi connectivity index (χ4n) is 2.23. The molecule has 0 aliphatic heterocycles. The van der Waals surface area contributed by atoms with E-state index >= 15 is 0 Å². The van der Waals surface area contributed by atoms with Crippen LogP contribution in [0, 0.1) is 0 Å². The summed E-state index contributed by atoms with van der Waals surface area (Å²) in [6.45, 7) is 0.540. The number of nitrogens with one attached hydrogen (secondary N) is 1. The van der Waals surface area contributed by atoms with Crippen LogP contribution in [0.25, 0.3) is 10.6 Å². The molecule has 0 fully saturated rings. The average molecular weight is 372 g/mol. The van der Waals surface area contributed by atoms with Gasteiger partial charge in [0.1, 0.15) is 0 Å². The van der Waals surface area contributed by atoms with E-state index in [1.165, 1.54) is 23.1 Å². The molecular weight excluding hydrogens is 359 g/mol. The molecule has 1 aromatic carbocycles. The summed E-state index contributed by atoms with van der Waals surface area (Å²) in [6, 6.07) is 12.1. The smallest absolute Gasteiger partial charge is 0.379 e. The molecule has 0 spiro atoms. The molecule has 3 rings (SSSR count). The van der Waals surface area contributed by atoms with Gasteiger partial charge in [-0.3, -0.25) is 4.68 Å². The van der Waals surface area contributed by atoms with E-state index in [9.17, 15) is 13.2 Å². The van der Waals surface area contributed by atoms with Crippen molar-refractivity contribution in [3.8, 4) is 10.6 Å². The second-order valence-electron chi connectivity index (χ2n) is 5.14. The summed E-state index contributed by atoms with van der Waals surface area (Å²) in [5, 5.41) is 7.37. The predicted molar refractivity (Wildman–Crippen MR) is 90.3 cm³/mol. The van der Waals surface area contributed by atoms with Gasteiger partial charge in [0.05, 0.1) is 21.3 Å². The summed E-state index contributed by atoms with van der Waals surface area (Å²) in [4.78, 5) is 1.72. The van der Waals surface area contributed by atoms with Crippen LogP contribution in [0.4, 0.5) is 18.9 Å². The van der Waals surface area contributed by atoms with E-state index in [1.54, 1.807) is 12.1 Å². The number of para-hydroxylation sites is 1. The Morgan fingerprint density at radius 3 is 2.62 bits per heavy atom. The number of nitrogens with zero attached hydrogens (tertiary/aromatic N) is 2. The minimum atomic E-state index is -4.44. The van der Waals surface area contributed by atoms with Gasteiger partial charge in [0.25, 0.3) is 0 Å². The highest BCUT2D eigenvalue weighted by Gasteiger charge is 2.34. The summed E-state index contributed by atoms with van der Waals surface area (Å²) in [6.07, 6.45) is -4.44. The first-order valence-electron chi connectivity index (χ1n) is 7.03. The first-order valence-corrected chi connectivity index (χ1v) is 8.23. The monoisotopic (exact) mass is 371 g/mol. The lowest BCUT2D eigenvalue weighted by molar-refractivity contribution is -0.141. The highest BCUT2D eigenvalue weighted by molar-refractivity contribution is 7.15. The van der Waals surface area contributed by atoms with Crippen molar-refractivity contribution in [1.82, 2.24) is 9.78 Å². The number of aryl methyl sites for hydroxylation is 1. The summed E-state index contributed by atoms with van der Waals surface area (Å²) in [5.74, 6) is 0. The molecule has 3 aromatic rings. The van der Waals surface area contributed by atoms with E-state index in [1.807, 2.05) is 24.3 Å². The van der Waals surface area contributed by atoms with E-state index in [4.69, 9.17) is 11.6 Å². The molecule has 0 radical (unpaired) electrons. The number of halogens is 4. The molecule has 0 aliphatic carbocycles. The molecular formula is C16H13ClF3N3S. The van der Waals surface area contributed by atoms with Gasteiger partial charge >= 0.3 is 6.18 Å². The van der Waals surface area contributed by atoms with Crippen molar-refractivity contribution in [2.45, 2.75) is 12.7 Å². The molecule has 3 nitrogen and oxygen atoms in total. The van der Waals surface area contributed by atoms with Crippen LogP contribution in [-0.4, -0.2) is 9.78 Å².